The van der Waals surface area contributed by atoms with Crippen LogP contribution in [0.25, 0.3) is 0 Å². The van der Waals surface area contributed by atoms with Crippen LogP contribution in [0.5, 0.6) is 0 Å². The first-order valence-corrected chi connectivity index (χ1v) is 5.52. The van der Waals surface area contributed by atoms with Crippen LogP contribution in [0.4, 0.5) is 0 Å². The molecule has 0 spiro atoms. The second-order valence-electron chi connectivity index (χ2n) is 4.23. The fourth-order valence-corrected chi connectivity index (χ4v) is 1.97. The zero-order valence-electron chi connectivity index (χ0n) is 9.07. The normalized spacial score (nSPS) is 26.8. The molecule has 1 aromatic rings. The lowest BCUT2D eigenvalue weighted by Gasteiger charge is -2.26. The quantitative estimate of drug-likeness (QED) is 0.769. The lowest BCUT2D eigenvalue weighted by atomic mass is 9.92. The lowest BCUT2D eigenvalue weighted by molar-refractivity contribution is 0.312. The van der Waals surface area contributed by atoms with Crippen LogP contribution < -0.4 is 11.1 Å². The zero-order chi connectivity index (χ0) is 10.7. The van der Waals surface area contributed by atoms with Gasteiger partial charge < -0.3 is 15.6 Å². The monoisotopic (exact) mass is 210 g/mol. The van der Waals surface area contributed by atoms with Crippen molar-refractivity contribution in [2.75, 3.05) is 0 Å². The van der Waals surface area contributed by atoms with E-state index in [1.807, 2.05) is 6.92 Å². The number of nitrogens with two attached hydrogens (primary N) is 1. The van der Waals surface area contributed by atoms with Crippen molar-refractivity contribution in [2.45, 2.75) is 51.2 Å². The van der Waals surface area contributed by atoms with Crippen LogP contribution in [-0.2, 0) is 6.54 Å². The number of hydrogen-bond donors (Lipinski definition) is 2. The summed E-state index contributed by atoms with van der Waals surface area (Å²) in [5.74, 6) is 1.36. The summed E-state index contributed by atoms with van der Waals surface area (Å²) in [5, 5.41) is 7.17. The molecule has 0 bridgehead atoms. The second kappa shape index (κ2) is 4.72. The third-order valence-corrected chi connectivity index (χ3v) is 2.88. The van der Waals surface area contributed by atoms with Gasteiger partial charge in [-0.25, -0.2) is 0 Å². The number of rotatable bonds is 3. The highest BCUT2D eigenvalue weighted by Gasteiger charge is 2.18. The number of nitrogens with zero attached hydrogens (tertiary/aromatic N) is 2. The molecule has 1 aliphatic rings. The van der Waals surface area contributed by atoms with Gasteiger partial charge in [0, 0.05) is 12.1 Å². The largest absolute Gasteiger partial charge is 0.338 e. The third kappa shape index (κ3) is 3.00. The SMILES string of the molecule is Cc1noc(CNC2CCC(N)CC2)n1. The number of aromatic nitrogens is 2. The third-order valence-electron chi connectivity index (χ3n) is 2.88. The van der Waals surface area contributed by atoms with E-state index in [1.54, 1.807) is 0 Å². The van der Waals surface area contributed by atoms with E-state index in [9.17, 15) is 0 Å². The molecule has 5 nitrogen and oxygen atoms in total. The highest BCUT2D eigenvalue weighted by molar-refractivity contribution is 4.85. The van der Waals surface area contributed by atoms with Crippen LogP contribution in [0.15, 0.2) is 4.52 Å². The van der Waals surface area contributed by atoms with Gasteiger partial charge in [-0.05, 0) is 32.6 Å². The van der Waals surface area contributed by atoms with Gasteiger partial charge in [-0.1, -0.05) is 5.16 Å². The van der Waals surface area contributed by atoms with Gasteiger partial charge in [0.2, 0.25) is 5.89 Å². The summed E-state index contributed by atoms with van der Waals surface area (Å²) in [6.07, 6.45) is 4.52. The summed E-state index contributed by atoms with van der Waals surface area (Å²) in [5.41, 5.74) is 5.84. The van der Waals surface area contributed by atoms with E-state index in [2.05, 4.69) is 15.5 Å². The molecule has 84 valence electrons. The highest BCUT2D eigenvalue weighted by atomic mass is 16.5. The molecule has 1 aliphatic carbocycles. The molecular weight excluding hydrogens is 192 g/mol. The summed E-state index contributed by atoms with van der Waals surface area (Å²) in [6, 6.07) is 0.950. The number of nitrogens with one attached hydrogen (secondary N) is 1. The van der Waals surface area contributed by atoms with Crippen molar-refractivity contribution >= 4 is 0 Å². The molecule has 1 fully saturated rings. The molecule has 5 heteroatoms. The van der Waals surface area contributed by atoms with Gasteiger partial charge in [0.25, 0.3) is 0 Å². The van der Waals surface area contributed by atoms with Crippen molar-refractivity contribution < 1.29 is 4.52 Å². The van der Waals surface area contributed by atoms with E-state index in [4.69, 9.17) is 10.3 Å². The Morgan fingerprint density at radius 2 is 2.13 bits per heavy atom. The Kier molecular flexibility index (Phi) is 3.33. The van der Waals surface area contributed by atoms with Gasteiger partial charge in [0.1, 0.15) is 0 Å². The molecule has 0 aromatic carbocycles. The van der Waals surface area contributed by atoms with E-state index in [-0.39, 0.29) is 0 Å². The minimum atomic E-state index is 0.397. The summed E-state index contributed by atoms with van der Waals surface area (Å²) < 4.78 is 5.03. The molecule has 0 amide bonds. The number of hydrogen-bond acceptors (Lipinski definition) is 5. The maximum atomic E-state index is 5.84. The Bertz CT molecular complexity index is 304. The minimum absolute atomic E-state index is 0.397. The topological polar surface area (TPSA) is 77.0 Å². The van der Waals surface area contributed by atoms with Crippen molar-refractivity contribution in [2.24, 2.45) is 5.73 Å². The van der Waals surface area contributed by atoms with Crippen LogP contribution in [-0.4, -0.2) is 22.2 Å². The van der Waals surface area contributed by atoms with Crippen molar-refractivity contribution in [1.29, 1.82) is 0 Å². The van der Waals surface area contributed by atoms with Crippen LogP contribution >= 0.6 is 0 Å². The second-order valence-corrected chi connectivity index (χ2v) is 4.23. The first-order chi connectivity index (χ1) is 7.24. The molecule has 1 heterocycles. The molecule has 1 aromatic heterocycles. The zero-order valence-corrected chi connectivity index (χ0v) is 9.07. The first kappa shape index (κ1) is 10.6. The molecule has 15 heavy (non-hydrogen) atoms. The smallest absolute Gasteiger partial charge is 0.240 e. The fraction of sp³-hybridized carbons (Fsp3) is 0.800. The summed E-state index contributed by atoms with van der Waals surface area (Å²) in [7, 11) is 0. The average molecular weight is 210 g/mol. The molecular formula is C10H18N4O. The predicted molar refractivity (Wildman–Crippen MR) is 56.1 cm³/mol. The lowest BCUT2D eigenvalue weighted by Crippen LogP contribution is -2.37. The maximum Gasteiger partial charge on any atom is 0.240 e. The van der Waals surface area contributed by atoms with E-state index in [0.717, 1.165) is 25.7 Å². The molecule has 3 N–H and O–H groups in total. The van der Waals surface area contributed by atoms with E-state index >= 15 is 0 Å². The average Bonchev–Trinajstić information content (AvgIpc) is 2.64. The fourth-order valence-electron chi connectivity index (χ4n) is 1.97. The molecule has 0 radical (unpaired) electrons. The Hall–Kier alpha value is -0.940. The molecule has 0 atom stereocenters. The van der Waals surface area contributed by atoms with Crippen molar-refractivity contribution in [1.82, 2.24) is 15.5 Å². The van der Waals surface area contributed by atoms with Gasteiger partial charge in [0.05, 0.1) is 6.54 Å². The van der Waals surface area contributed by atoms with E-state index in [0.29, 0.717) is 30.3 Å². The molecule has 2 rings (SSSR count). The van der Waals surface area contributed by atoms with Crippen LogP contribution in [0, 0.1) is 6.92 Å². The number of aryl methyl sites for hydroxylation is 1. The summed E-state index contributed by atoms with van der Waals surface area (Å²) in [4.78, 5) is 4.15. The van der Waals surface area contributed by atoms with Crippen molar-refractivity contribution in [3.05, 3.63) is 11.7 Å². The van der Waals surface area contributed by atoms with Gasteiger partial charge in [-0.2, -0.15) is 4.98 Å². The predicted octanol–water partition coefficient (Wildman–Crippen LogP) is 0.738. The van der Waals surface area contributed by atoms with Crippen LogP contribution in [0.2, 0.25) is 0 Å². The highest BCUT2D eigenvalue weighted by Crippen LogP contribution is 2.17. The summed E-state index contributed by atoms with van der Waals surface area (Å²) in [6.45, 7) is 2.49. The van der Waals surface area contributed by atoms with Crippen molar-refractivity contribution in [3.63, 3.8) is 0 Å². The van der Waals surface area contributed by atoms with Crippen LogP contribution in [0.3, 0.4) is 0 Å². The van der Waals surface area contributed by atoms with Gasteiger partial charge >= 0.3 is 0 Å². The van der Waals surface area contributed by atoms with Crippen LogP contribution in [0.1, 0.15) is 37.4 Å². The molecule has 0 unspecified atom stereocenters. The standard InChI is InChI=1S/C10H18N4O/c1-7-13-10(15-14-7)6-12-9-4-2-8(11)3-5-9/h8-9,12H,2-6,11H2,1H3. The Balaban J connectivity index is 1.74. The molecule has 0 aliphatic heterocycles. The Morgan fingerprint density at radius 1 is 1.40 bits per heavy atom. The van der Waals surface area contributed by atoms with E-state index in [1.165, 1.54) is 0 Å². The van der Waals surface area contributed by atoms with E-state index < -0.39 is 0 Å². The Morgan fingerprint density at radius 3 is 2.73 bits per heavy atom. The molecule has 1 saturated carbocycles. The van der Waals surface area contributed by atoms with Crippen molar-refractivity contribution in [3.8, 4) is 0 Å². The molecule has 0 saturated heterocycles. The Labute approximate surface area is 89.4 Å². The maximum absolute atomic E-state index is 5.84. The van der Waals surface area contributed by atoms with Gasteiger partial charge in [-0.3, -0.25) is 0 Å². The first-order valence-electron chi connectivity index (χ1n) is 5.52. The minimum Gasteiger partial charge on any atom is -0.338 e. The summed E-state index contributed by atoms with van der Waals surface area (Å²) >= 11 is 0. The van der Waals surface area contributed by atoms with Gasteiger partial charge in [-0.15, -0.1) is 0 Å². The van der Waals surface area contributed by atoms with Gasteiger partial charge in [0.15, 0.2) is 5.82 Å².